The van der Waals surface area contributed by atoms with Crippen molar-refractivity contribution in [3.05, 3.63) is 47.5 Å². The summed E-state index contributed by atoms with van der Waals surface area (Å²) in [5.74, 6) is 0.306. The predicted molar refractivity (Wildman–Crippen MR) is 102 cm³/mol. The molecule has 2 rings (SSSR count). The number of anilines is 2. The molecule has 0 aliphatic rings. The number of rotatable bonds is 4. The molecule has 0 fully saturated rings. The van der Waals surface area contributed by atoms with Crippen molar-refractivity contribution in [1.82, 2.24) is 4.90 Å². The van der Waals surface area contributed by atoms with Crippen LogP contribution < -0.4 is 15.4 Å². The van der Waals surface area contributed by atoms with Gasteiger partial charge in [-0.15, -0.1) is 11.8 Å². The van der Waals surface area contributed by atoms with Gasteiger partial charge in [0.1, 0.15) is 5.75 Å². The minimum Gasteiger partial charge on any atom is -0.410 e. The molecule has 0 heterocycles. The van der Waals surface area contributed by atoms with E-state index >= 15 is 0 Å². The number of hydrogen-bond acceptors (Lipinski definition) is 4. The number of nitrogens with one attached hydrogen (secondary N) is 2. The summed E-state index contributed by atoms with van der Waals surface area (Å²) in [5, 5.41) is 5.85. The largest absolute Gasteiger partial charge is 0.417 e. The average Bonchev–Trinajstić information content (AvgIpc) is 2.55. The van der Waals surface area contributed by atoms with E-state index in [2.05, 4.69) is 10.6 Å². The van der Waals surface area contributed by atoms with Gasteiger partial charge < -0.3 is 15.0 Å². The first-order valence-electron chi connectivity index (χ1n) is 7.30. The van der Waals surface area contributed by atoms with E-state index in [9.17, 15) is 9.59 Å². The number of carbonyl (C=O) groups excluding carboxylic acids is 2. The molecule has 0 saturated heterocycles. The SMILES string of the molecule is CSc1ccc(NC(=O)Oc2cccc(NC(=O)N(C)C)c2)cc1Cl. The van der Waals surface area contributed by atoms with Crippen LogP contribution in [0.3, 0.4) is 0 Å². The lowest BCUT2D eigenvalue weighted by atomic mass is 10.3. The van der Waals surface area contributed by atoms with E-state index in [0.29, 0.717) is 22.1 Å². The molecule has 0 aliphatic carbocycles. The zero-order chi connectivity index (χ0) is 18.4. The Morgan fingerprint density at radius 3 is 2.44 bits per heavy atom. The molecule has 0 atom stereocenters. The summed E-state index contributed by atoms with van der Waals surface area (Å²) >= 11 is 7.63. The van der Waals surface area contributed by atoms with Crippen LogP contribution in [0.5, 0.6) is 5.75 Å². The maximum absolute atomic E-state index is 12.0. The van der Waals surface area contributed by atoms with E-state index in [1.165, 1.54) is 16.7 Å². The van der Waals surface area contributed by atoms with Crippen molar-refractivity contribution in [3.8, 4) is 5.75 Å². The van der Waals surface area contributed by atoms with Crippen LogP contribution in [0.2, 0.25) is 5.02 Å². The van der Waals surface area contributed by atoms with Crippen molar-refractivity contribution in [2.75, 3.05) is 31.0 Å². The van der Waals surface area contributed by atoms with Crippen LogP contribution in [0.25, 0.3) is 0 Å². The van der Waals surface area contributed by atoms with Crippen molar-refractivity contribution < 1.29 is 14.3 Å². The third-order valence-corrected chi connectivity index (χ3v) is 4.32. The molecular formula is C17H18ClN3O3S. The number of nitrogens with zero attached hydrogens (tertiary/aromatic N) is 1. The fraction of sp³-hybridized carbons (Fsp3) is 0.176. The Morgan fingerprint density at radius 1 is 1.08 bits per heavy atom. The molecule has 0 aromatic heterocycles. The fourth-order valence-corrected chi connectivity index (χ4v) is 2.74. The van der Waals surface area contributed by atoms with Crippen molar-refractivity contribution >= 4 is 46.9 Å². The second-order valence-electron chi connectivity index (χ2n) is 5.22. The third kappa shape index (κ3) is 5.58. The average molecular weight is 380 g/mol. The van der Waals surface area contributed by atoms with Crippen LogP contribution in [0.15, 0.2) is 47.4 Å². The van der Waals surface area contributed by atoms with Crippen LogP contribution in [0.4, 0.5) is 21.0 Å². The Bertz CT molecular complexity index is 783. The Hall–Kier alpha value is -2.38. The zero-order valence-corrected chi connectivity index (χ0v) is 15.6. The van der Waals surface area contributed by atoms with Crippen molar-refractivity contribution in [2.24, 2.45) is 0 Å². The normalized spacial score (nSPS) is 10.1. The standard InChI is InChI=1S/C17H18ClN3O3S/c1-21(2)16(22)19-11-5-4-6-13(9-11)24-17(23)20-12-7-8-15(25-3)14(18)10-12/h4-10H,1-3H3,(H,19,22)(H,20,23). The van der Waals surface area contributed by atoms with Crippen molar-refractivity contribution in [2.45, 2.75) is 4.90 Å². The summed E-state index contributed by atoms with van der Waals surface area (Å²) in [5.41, 5.74) is 1.06. The molecule has 0 saturated carbocycles. The summed E-state index contributed by atoms with van der Waals surface area (Å²) in [6.07, 6.45) is 1.27. The maximum Gasteiger partial charge on any atom is 0.417 e. The second-order valence-corrected chi connectivity index (χ2v) is 6.47. The van der Waals surface area contributed by atoms with Crippen LogP contribution in [-0.2, 0) is 0 Å². The first-order chi connectivity index (χ1) is 11.9. The van der Waals surface area contributed by atoms with E-state index in [-0.39, 0.29) is 6.03 Å². The molecule has 132 valence electrons. The Labute approximate surface area is 155 Å². The minimum atomic E-state index is -0.649. The zero-order valence-electron chi connectivity index (χ0n) is 14.0. The summed E-state index contributed by atoms with van der Waals surface area (Å²) in [6.45, 7) is 0. The van der Waals surface area contributed by atoms with Gasteiger partial charge in [-0.3, -0.25) is 5.32 Å². The van der Waals surface area contributed by atoms with Crippen LogP contribution in [0.1, 0.15) is 0 Å². The highest BCUT2D eigenvalue weighted by Crippen LogP contribution is 2.28. The molecule has 0 bridgehead atoms. The number of hydrogen-bond donors (Lipinski definition) is 2. The van der Waals surface area contributed by atoms with Gasteiger partial charge in [-0.25, -0.2) is 9.59 Å². The van der Waals surface area contributed by atoms with Gasteiger partial charge in [-0.05, 0) is 36.6 Å². The minimum absolute atomic E-state index is 0.273. The van der Waals surface area contributed by atoms with E-state index in [1.54, 1.807) is 50.5 Å². The topological polar surface area (TPSA) is 70.7 Å². The molecule has 0 radical (unpaired) electrons. The van der Waals surface area contributed by atoms with Crippen LogP contribution >= 0.6 is 23.4 Å². The van der Waals surface area contributed by atoms with Gasteiger partial charge in [0, 0.05) is 36.4 Å². The second kappa shape index (κ2) is 8.64. The number of urea groups is 1. The number of thioether (sulfide) groups is 1. The molecular weight excluding hydrogens is 362 g/mol. The summed E-state index contributed by atoms with van der Waals surface area (Å²) in [6, 6.07) is 11.5. The van der Waals surface area contributed by atoms with E-state index in [0.717, 1.165) is 4.90 Å². The van der Waals surface area contributed by atoms with Crippen LogP contribution in [-0.4, -0.2) is 37.4 Å². The highest BCUT2D eigenvalue weighted by atomic mass is 35.5. The summed E-state index contributed by atoms with van der Waals surface area (Å²) < 4.78 is 5.23. The highest BCUT2D eigenvalue weighted by Gasteiger charge is 2.09. The number of ether oxygens (including phenoxy) is 1. The molecule has 3 amide bonds. The molecule has 0 spiro atoms. The van der Waals surface area contributed by atoms with Gasteiger partial charge in [0.15, 0.2) is 0 Å². The number of carbonyl (C=O) groups is 2. The van der Waals surface area contributed by atoms with Crippen molar-refractivity contribution in [1.29, 1.82) is 0 Å². The quantitative estimate of drug-likeness (QED) is 0.751. The van der Waals surface area contributed by atoms with Gasteiger partial charge in [-0.2, -0.15) is 0 Å². The van der Waals surface area contributed by atoms with E-state index in [1.807, 2.05) is 12.3 Å². The molecule has 2 aromatic carbocycles. The van der Waals surface area contributed by atoms with Crippen LogP contribution in [0, 0.1) is 0 Å². The Morgan fingerprint density at radius 2 is 1.80 bits per heavy atom. The number of halogens is 1. The molecule has 0 unspecified atom stereocenters. The van der Waals surface area contributed by atoms with Gasteiger partial charge >= 0.3 is 12.1 Å². The lowest BCUT2D eigenvalue weighted by molar-refractivity contribution is 0.215. The van der Waals surface area contributed by atoms with Gasteiger partial charge in [0.2, 0.25) is 0 Å². The van der Waals surface area contributed by atoms with Crippen molar-refractivity contribution in [3.63, 3.8) is 0 Å². The molecule has 2 N–H and O–H groups in total. The number of amides is 3. The summed E-state index contributed by atoms with van der Waals surface area (Å²) in [7, 11) is 3.27. The van der Waals surface area contributed by atoms with Gasteiger partial charge in [0.05, 0.1) is 5.02 Å². The highest BCUT2D eigenvalue weighted by molar-refractivity contribution is 7.98. The number of benzene rings is 2. The predicted octanol–water partition coefficient (Wildman–Crippen LogP) is 4.77. The molecule has 6 nitrogen and oxygen atoms in total. The monoisotopic (exact) mass is 379 g/mol. The third-order valence-electron chi connectivity index (χ3n) is 3.10. The maximum atomic E-state index is 12.0. The summed E-state index contributed by atoms with van der Waals surface area (Å²) in [4.78, 5) is 26.0. The fourth-order valence-electron chi connectivity index (χ4n) is 1.87. The molecule has 2 aromatic rings. The first-order valence-corrected chi connectivity index (χ1v) is 8.90. The lowest BCUT2D eigenvalue weighted by Crippen LogP contribution is -2.27. The van der Waals surface area contributed by atoms with Gasteiger partial charge in [0.25, 0.3) is 0 Å². The molecule has 8 heteroatoms. The smallest absolute Gasteiger partial charge is 0.410 e. The van der Waals surface area contributed by atoms with Gasteiger partial charge in [-0.1, -0.05) is 17.7 Å². The molecule has 0 aliphatic heterocycles. The Kier molecular flexibility index (Phi) is 6.55. The first kappa shape index (κ1) is 19.0. The lowest BCUT2D eigenvalue weighted by Gasteiger charge is -2.13. The molecule has 25 heavy (non-hydrogen) atoms. The van der Waals surface area contributed by atoms with E-state index in [4.69, 9.17) is 16.3 Å². The Balaban J connectivity index is 2.00. The van der Waals surface area contributed by atoms with E-state index < -0.39 is 6.09 Å².